The highest BCUT2D eigenvalue weighted by molar-refractivity contribution is 6.00. The van der Waals surface area contributed by atoms with Gasteiger partial charge in [-0.25, -0.2) is 9.07 Å². The maximum absolute atomic E-state index is 13.8. The molecule has 1 amide bonds. The molecule has 5 heterocycles. The third-order valence-corrected chi connectivity index (χ3v) is 6.42. The smallest absolute Gasteiger partial charge is 0.275 e. The summed E-state index contributed by atoms with van der Waals surface area (Å²) in [4.78, 5) is 24.3. The van der Waals surface area contributed by atoms with Crippen LogP contribution in [0.4, 0.5) is 4.39 Å². The molecule has 7 nitrogen and oxygen atoms in total. The predicted octanol–water partition coefficient (Wildman–Crippen LogP) is 4.32. The van der Waals surface area contributed by atoms with Gasteiger partial charge in [0.1, 0.15) is 5.82 Å². The average Bonchev–Trinajstić information content (AvgIpc) is 3.52. The standard InChI is InChI=1S/C27H27FN6O/c1-2-19(22-12-11-20(28)17-31-22)16-29-18-21-8-7-14-33(21)27(35)26-25(23-9-3-5-13-30-23)24-10-4-6-15-34(24)32-26/h2-3,5-6,9,11-13,15-17,21,29H,1,4,7-8,10,14,18H2/b19-16+. The second-order valence-electron chi connectivity index (χ2n) is 8.62. The van der Waals surface area contributed by atoms with Gasteiger partial charge in [-0.05, 0) is 49.9 Å². The molecule has 2 aliphatic heterocycles. The SMILES string of the molecule is C=C/C(=C\NCC1CCCN1C(=O)c1nn2c(c1-c1ccccn1)CCC=C2)c1ccc(F)cn1. The van der Waals surface area contributed by atoms with Gasteiger partial charge in [0.25, 0.3) is 5.91 Å². The van der Waals surface area contributed by atoms with Gasteiger partial charge in [0.05, 0.1) is 28.8 Å². The summed E-state index contributed by atoms with van der Waals surface area (Å²) in [6.45, 7) is 5.10. The second kappa shape index (κ2) is 10.0. The number of carbonyl (C=O) groups excluding carboxylic acids is 1. The van der Waals surface area contributed by atoms with Crippen LogP contribution in [-0.2, 0) is 6.42 Å². The van der Waals surface area contributed by atoms with E-state index in [0.29, 0.717) is 24.5 Å². The molecule has 1 saturated heterocycles. The quantitative estimate of drug-likeness (QED) is 0.521. The van der Waals surface area contributed by atoms with Gasteiger partial charge in [-0.15, -0.1) is 0 Å². The molecule has 0 aromatic carbocycles. The topological polar surface area (TPSA) is 75.9 Å². The summed E-state index contributed by atoms with van der Waals surface area (Å²) in [6.07, 6.45) is 14.0. The van der Waals surface area contributed by atoms with Gasteiger partial charge in [0.2, 0.25) is 0 Å². The second-order valence-corrected chi connectivity index (χ2v) is 8.62. The van der Waals surface area contributed by atoms with Gasteiger partial charge in [0.15, 0.2) is 5.69 Å². The highest BCUT2D eigenvalue weighted by Gasteiger charge is 2.34. The number of amides is 1. The van der Waals surface area contributed by atoms with Crippen LogP contribution < -0.4 is 5.32 Å². The van der Waals surface area contributed by atoms with Crippen molar-refractivity contribution in [2.45, 2.75) is 31.7 Å². The lowest BCUT2D eigenvalue weighted by Gasteiger charge is -2.24. The molecule has 1 fully saturated rings. The van der Waals surface area contributed by atoms with E-state index in [1.807, 2.05) is 40.2 Å². The Hall–Kier alpha value is -4.07. The van der Waals surface area contributed by atoms with E-state index in [4.69, 9.17) is 0 Å². The number of fused-ring (bicyclic) bond motifs is 1. The summed E-state index contributed by atoms with van der Waals surface area (Å²) in [5.41, 5.74) is 4.46. The monoisotopic (exact) mass is 470 g/mol. The number of pyridine rings is 2. The molecule has 5 rings (SSSR count). The third kappa shape index (κ3) is 4.64. The minimum atomic E-state index is -0.383. The van der Waals surface area contributed by atoms with Crippen LogP contribution in [-0.4, -0.2) is 49.7 Å². The summed E-state index contributed by atoms with van der Waals surface area (Å²) < 4.78 is 15.0. The first-order valence-electron chi connectivity index (χ1n) is 11.8. The number of hydrogen-bond donors (Lipinski definition) is 1. The van der Waals surface area contributed by atoms with E-state index in [0.717, 1.165) is 48.2 Å². The third-order valence-electron chi connectivity index (χ3n) is 6.42. The highest BCUT2D eigenvalue weighted by atomic mass is 19.1. The lowest BCUT2D eigenvalue weighted by Crippen LogP contribution is -2.41. The molecule has 3 aromatic rings. The summed E-state index contributed by atoms with van der Waals surface area (Å²) in [5, 5.41) is 8.00. The van der Waals surface area contributed by atoms with Gasteiger partial charge in [-0.1, -0.05) is 24.8 Å². The fourth-order valence-corrected chi connectivity index (χ4v) is 4.70. The van der Waals surface area contributed by atoms with Crippen LogP contribution in [0.15, 0.2) is 67.7 Å². The molecule has 0 aliphatic carbocycles. The van der Waals surface area contributed by atoms with Crippen molar-refractivity contribution in [1.82, 2.24) is 30.0 Å². The molecule has 0 spiro atoms. The molecular weight excluding hydrogens is 443 g/mol. The molecule has 1 N–H and O–H groups in total. The lowest BCUT2D eigenvalue weighted by atomic mass is 10.0. The van der Waals surface area contributed by atoms with Crippen molar-refractivity contribution in [1.29, 1.82) is 0 Å². The molecule has 178 valence electrons. The summed E-state index contributed by atoms with van der Waals surface area (Å²) in [7, 11) is 0. The normalized spacial score (nSPS) is 17.3. The van der Waals surface area contributed by atoms with Gasteiger partial charge >= 0.3 is 0 Å². The zero-order chi connectivity index (χ0) is 24.2. The number of hydrogen-bond acceptors (Lipinski definition) is 5. The van der Waals surface area contributed by atoms with E-state index in [1.54, 1.807) is 18.3 Å². The first kappa shape index (κ1) is 22.7. The Kier molecular flexibility index (Phi) is 6.52. The van der Waals surface area contributed by atoms with E-state index < -0.39 is 0 Å². The fraction of sp³-hybridized carbons (Fsp3) is 0.259. The van der Waals surface area contributed by atoms with Crippen LogP contribution in [0.25, 0.3) is 23.0 Å². The van der Waals surface area contributed by atoms with Gasteiger partial charge in [-0.3, -0.25) is 14.8 Å². The minimum Gasteiger partial charge on any atom is -0.388 e. The molecule has 35 heavy (non-hydrogen) atoms. The van der Waals surface area contributed by atoms with E-state index in [1.165, 1.54) is 12.3 Å². The van der Waals surface area contributed by atoms with Crippen LogP contribution in [0.2, 0.25) is 0 Å². The zero-order valence-electron chi connectivity index (χ0n) is 19.4. The summed E-state index contributed by atoms with van der Waals surface area (Å²) in [6, 6.07) is 8.74. The molecule has 0 saturated carbocycles. The predicted molar refractivity (Wildman–Crippen MR) is 134 cm³/mol. The number of carbonyl (C=O) groups is 1. The van der Waals surface area contributed by atoms with E-state index in [2.05, 4.69) is 33.0 Å². The van der Waals surface area contributed by atoms with Crippen molar-refractivity contribution in [3.8, 4) is 11.3 Å². The maximum Gasteiger partial charge on any atom is 0.275 e. The summed E-state index contributed by atoms with van der Waals surface area (Å²) in [5.74, 6) is -0.454. The Bertz CT molecular complexity index is 1280. The Labute approximate surface area is 203 Å². The number of nitrogens with zero attached hydrogens (tertiary/aromatic N) is 5. The largest absolute Gasteiger partial charge is 0.388 e. The van der Waals surface area contributed by atoms with Crippen molar-refractivity contribution in [2.24, 2.45) is 0 Å². The van der Waals surface area contributed by atoms with Crippen molar-refractivity contribution in [3.63, 3.8) is 0 Å². The molecular formula is C27H27FN6O. The van der Waals surface area contributed by atoms with Gasteiger partial charge in [-0.2, -0.15) is 5.10 Å². The summed E-state index contributed by atoms with van der Waals surface area (Å²) >= 11 is 0. The molecule has 8 heteroatoms. The van der Waals surface area contributed by atoms with Crippen molar-refractivity contribution >= 4 is 17.7 Å². The number of allylic oxidation sites excluding steroid dienone is 3. The first-order chi connectivity index (χ1) is 17.2. The van der Waals surface area contributed by atoms with Gasteiger partial charge < -0.3 is 10.2 Å². The minimum absolute atomic E-state index is 0.0249. The average molecular weight is 471 g/mol. The Morgan fingerprint density at radius 3 is 2.94 bits per heavy atom. The molecule has 3 aromatic heterocycles. The Balaban J connectivity index is 1.36. The maximum atomic E-state index is 13.8. The van der Waals surface area contributed by atoms with Crippen LogP contribution in [0.3, 0.4) is 0 Å². The first-order valence-corrected chi connectivity index (χ1v) is 11.8. The van der Waals surface area contributed by atoms with Gasteiger partial charge in [0, 0.05) is 43.3 Å². The van der Waals surface area contributed by atoms with Crippen molar-refractivity contribution in [3.05, 3.63) is 90.6 Å². The lowest BCUT2D eigenvalue weighted by molar-refractivity contribution is 0.0732. The fourth-order valence-electron chi connectivity index (χ4n) is 4.70. The number of likely N-dealkylation sites (tertiary alicyclic amines) is 1. The molecule has 0 radical (unpaired) electrons. The number of rotatable bonds is 7. The van der Waals surface area contributed by atoms with Crippen LogP contribution in [0.1, 0.15) is 41.1 Å². The zero-order valence-corrected chi connectivity index (χ0v) is 19.4. The number of aromatic nitrogens is 4. The van der Waals surface area contributed by atoms with Crippen molar-refractivity contribution in [2.75, 3.05) is 13.1 Å². The molecule has 2 aliphatic rings. The Morgan fingerprint density at radius 2 is 2.17 bits per heavy atom. The van der Waals surface area contributed by atoms with Crippen LogP contribution in [0, 0.1) is 5.82 Å². The highest BCUT2D eigenvalue weighted by Crippen LogP contribution is 2.31. The Morgan fingerprint density at radius 1 is 1.26 bits per heavy atom. The molecule has 1 atom stereocenters. The van der Waals surface area contributed by atoms with Crippen LogP contribution >= 0.6 is 0 Å². The van der Waals surface area contributed by atoms with E-state index in [-0.39, 0.29) is 17.8 Å². The molecule has 1 unspecified atom stereocenters. The number of nitrogens with one attached hydrogen (secondary N) is 1. The van der Waals surface area contributed by atoms with E-state index >= 15 is 0 Å². The van der Waals surface area contributed by atoms with Crippen molar-refractivity contribution < 1.29 is 9.18 Å². The molecule has 0 bridgehead atoms. The van der Waals surface area contributed by atoms with E-state index in [9.17, 15) is 9.18 Å². The number of halogens is 1. The van der Waals surface area contributed by atoms with Crippen LogP contribution in [0.5, 0.6) is 0 Å².